The number of methoxy groups -OCH3 is 4. The van der Waals surface area contributed by atoms with E-state index in [0.29, 0.717) is 69.8 Å². The molecule has 0 aliphatic heterocycles. The Morgan fingerprint density at radius 1 is 0.889 bits per heavy atom. The van der Waals surface area contributed by atoms with Crippen LogP contribution in [0.25, 0.3) is 22.2 Å². The molecular weight excluding hydrogens is 462 g/mol. The molecule has 0 atom stereocenters. The van der Waals surface area contributed by atoms with Gasteiger partial charge in [0.25, 0.3) is 5.91 Å². The van der Waals surface area contributed by atoms with Crippen molar-refractivity contribution in [2.75, 3.05) is 47.0 Å². The summed E-state index contributed by atoms with van der Waals surface area (Å²) in [5.74, 6) is 1.43. The number of fused-ring (bicyclic) bond motifs is 1. The lowest BCUT2D eigenvalue weighted by molar-refractivity contribution is 0.102. The number of nitrogens with zero attached hydrogens (tertiary/aromatic N) is 2. The number of benzene rings is 2. The first kappa shape index (κ1) is 24.7. The van der Waals surface area contributed by atoms with Crippen LogP contribution in [0.15, 0.2) is 60.8 Å². The van der Waals surface area contributed by atoms with Crippen LogP contribution >= 0.6 is 0 Å². The van der Waals surface area contributed by atoms with Crippen LogP contribution in [0.4, 0.5) is 5.69 Å². The largest absolute Gasteiger partial charge is 0.493 e. The van der Waals surface area contributed by atoms with E-state index in [4.69, 9.17) is 28.7 Å². The Kier molecular flexibility index (Phi) is 7.82. The maximum absolute atomic E-state index is 13.5. The number of aromatic nitrogens is 2. The highest BCUT2D eigenvalue weighted by atomic mass is 16.5. The van der Waals surface area contributed by atoms with Crippen molar-refractivity contribution in [2.24, 2.45) is 0 Å². The van der Waals surface area contributed by atoms with Crippen molar-refractivity contribution >= 4 is 22.5 Å². The van der Waals surface area contributed by atoms with Gasteiger partial charge < -0.3 is 29.0 Å². The molecule has 0 fully saturated rings. The maximum Gasteiger partial charge on any atom is 0.256 e. The van der Waals surface area contributed by atoms with Crippen molar-refractivity contribution in [1.29, 1.82) is 0 Å². The molecule has 0 saturated carbocycles. The first-order valence-electron chi connectivity index (χ1n) is 11.2. The topological polar surface area (TPSA) is 101 Å². The molecule has 0 unspecified atom stereocenters. The van der Waals surface area contributed by atoms with Crippen LogP contribution in [0.3, 0.4) is 0 Å². The average molecular weight is 490 g/mol. The minimum absolute atomic E-state index is 0.305. The molecule has 9 nitrogen and oxygen atoms in total. The summed E-state index contributed by atoms with van der Waals surface area (Å²) in [6, 6.07) is 16.2. The minimum atomic E-state index is -0.327. The second kappa shape index (κ2) is 11.4. The SMILES string of the molecule is COCCOc1ncccc1NC(=O)c1cc(-c2cc(OC)c(OC)c(OC)c2)nc2ccccc12. The lowest BCUT2D eigenvalue weighted by Crippen LogP contribution is -2.15. The average Bonchev–Trinajstić information content (AvgIpc) is 2.92. The molecule has 2 aromatic carbocycles. The quantitative estimate of drug-likeness (QED) is 0.323. The Hall–Kier alpha value is -4.37. The van der Waals surface area contributed by atoms with Gasteiger partial charge in [-0.3, -0.25) is 4.79 Å². The second-order valence-electron chi connectivity index (χ2n) is 7.64. The number of hydrogen-bond acceptors (Lipinski definition) is 8. The smallest absolute Gasteiger partial charge is 0.256 e. The zero-order valence-electron chi connectivity index (χ0n) is 20.5. The molecule has 2 aromatic heterocycles. The lowest BCUT2D eigenvalue weighted by atomic mass is 10.0. The van der Waals surface area contributed by atoms with Crippen molar-refractivity contribution in [3.05, 3.63) is 66.4 Å². The fourth-order valence-electron chi connectivity index (χ4n) is 3.75. The van der Waals surface area contributed by atoms with Crippen LogP contribution in [0, 0.1) is 0 Å². The molecular formula is C27H27N3O6. The molecule has 1 amide bonds. The van der Waals surface area contributed by atoms with Gasteiger partial charge in [-0.25, -0.2) is 9.97 Å². The molecule has 4 aromatic rings. The summed E-state index contributed by atoms with van der Waals surface area (Å²) in [7, 11) is 6.23. The molecule has 0 spiro atoms. The van der Waals surface area contributed by atoms with E-state index < -0.39 is 0 Å². The molecule has 0 saturated heterocycles. The van der Waals surface area contributed by atoms with Gasteiger partial charge in [-0.15, -0.1) is 0 Å². The number of rotatable bonds is 10. The summed E-state index contributed by atoms with van der Waals surface area (Å²) in [5.41, 5.74) is 2.83. The normalized spacial score (nSPS) is 10.7. The molecule has 2 heterocycles. The number of hydrogen-bond donors (Lipinski definition) is 1. The van der Waals surface area contributed by atoms with Crippen LogP contribution in [0.5, 0.6) is 23.1 Å². The number of anilines is 1. The van der Waals surface area contributed by atoms with Crippen LogP contribution in [0.2, 0.25) is 0 Å². The van der Waals surface area contributed by atoms with Gasteiger partial charge in [0.15, 0.2) is 11.5 Å². The zero-order chi connectivity index (χ0) is 25.5. The van der Waals surface area contributed by atoms with Gasteiger partial charge in [0, 0.05) is 24.3 Å². The lowest BCUT2D eigenvalue weighted by Gasteiger charge is -2.15. The molecule has 0 bridgehead atoms. The molecule has 4 rings (SSSR count). The fourth-order valence-corrected chi connectivity index (χ4v) is 3.75. The van der Waals surface area contributed by atoms with Crippen molar-refractivity contribution in [2.45, 2.75) is 0 Å². The number of pyridine rings is 2. The number of amides is 1. The van der Waals surface area contributed by atoms with E-state index in [0.717, 1.165) is 0 Å². The molecule has 1 N–H and O–H groups in total. The number of carbonyl (C=O) groups is 1. The van der Waals surface area contributed by atoms with E-state index in [1.54, 1.807) is 65.0 Å². The van der Waals surface area contributed by atoms with E-state index in [2.05, 4.69) is 10.3 Å². The fraction of sp³-hybridized carbons (Fsp3) is 0.222. The Morgan fingerprint density at radius 3 is 2.33 bits per heavy atom. The minimum Gasteiger partial charge on any atom is -0.493 e. The summed E-state index contributed by atoms with van der Waals surface area (Å²) in [5, 5.41) is 3.63. The van der Waals surface area contributed by atoms with Crippen LogP contribution in [-0.4, -0.2) is 57.5 Å². The molecule has 0 radical (unpaired) electrons. The third-order valence-electron chi connectivity index (χ3n) is 5.47. The highest BCUT2D eigenvalue weighted by Crippen LogP contribution is 2.41. The van der Waals surface area contributed by atoms with E-state index >= 15 is 0 Å². The van der Waals surface area contributed by atoms with E-state index in [1.165, 1.54) is 0 Å². The van der Waals surface area contributed by atoms with Gasteiger partial charge in [-0.1, -0.05) is 18.2 Å². The molecule has 36 heavy (non-hydrogen) atoms. The monoisotopic (exact) mass is 489 g/mol. The summed E-state index contributed by atoms with van der Waals surface area (Å²) in [4.78, 5) is 22.5. The van der Waals surface area contributed by atoms with Gasteiger partial charge in [-0.05, 0) is 36.4 Å². The Labute approximate surface area is 209 Å². The Morgan fingerprint density at radius 2 is 1.64 bits per heavy atom. The van der Waals surface area contributed by atoms with Crippen molar-refractivity contribution in [1.82, 2.24) is 9.97 Å². The molecule has 186 valence electrons. The van der Waals surface area contributed by atoms with Crippen molar-refractivity contribution < 1.29 is 28.5 Å². The third-order valence-corrected chi connectivity index (χ3v) is 5.47. The van der Waals surface area contributed by atoms with Crippen molar-refractivity contribution in [3.63, 3.8) is 0 Å². The van der Waals surface area contributed by atoms with E-state index in [1.807, 2.05) is 24.3 Å². The second-order valence-corrected chi connectivity index (χ2v) is 7.64. The summed E-state index contributed by atoms with van der Waals surface area (Å²) >= 11 is 0. The maximum atomic E-state index is 13.5. The number of para-hydroxylation sites is 1. The predicted molar refractivity (Wildman–Crippen MR) is 136 cm³/mol. The van der Waals surface area contributed by atoms with Gasteiger partial charge in [-0.2, -0.15) is 0 Å². The summed E-state index contributed by atoms with van der Waals surface area (Å²) in [6.45, 7) is 0.705. The zero-order valence-corrected chi connectivity index (χ0v) is 20.5. The van der Waals surface area contributed by atoms with E-state index in [9.17, 15) is 4.79 Å². The number of nitrogens with one attached hydrogen (secondary N) is 1. The van der Waals surface area contributed by atoms with Gasteiger partial charge in [0.05, 0.1) is 44.7 Å². The van der Waals surface area contributed by atoms with Gasteiger partial charge in [0.1, 0.15) is 12.3 Å². The van der Waals surface area contributed by atoms with Crippen molar-refractivity contribution in [3.8, 4) is 34.4 Å². The van der Waals surface area contributed by atoms with Gasteiger partial charge >= 0.3 is 0 Å². The predicted octanol–water partition coefficient (Wildman–Crippen LogP) is 4.60. The summed E-state index contributed by atoms with van der Waals surface area (Å²) in [6.07, 6.45) is 1.60. The Bertz CT molecular complexity index is 1350. The molecule has 0 aliphatic carbocycles. The first-order chi connectivity index (χ1) is 17.6. The highest BCUT2D eigenvalue weighted by molar-refractivity contribution is 6.13. The van der Waals surface area contributed by atoms with E-state index in [-0.39, 0.29) is 5.91 Å². The Balaban J connectivity index is 1.77. The number of carbonyl (C=O) groups excluding carboxylic acids is 1. The summed E-state index contributed by atoms with van der Waals surface area (Å²) < 4.78 is 27.1. The molecule has 0 aliphatic rings. The standard InChI is InChI=1S/C27H27N3O6/c1-32-12-13-36-27-21(10-7-11-28-27)30-26(31)19-16-22(29-20-9-6-5-8-18(19)20)17-14-23(33-2)25(35-4)24(15-17)34-3/h5-11,14-16H,12-13H2,1-4H3,(H,30,31). The van der Waals surface area contributed by atoms with Crippen LogP contribution in [0.1, 0.15) is 10.4 Å². The first-order valence-corrected chi connectivity index (χ1v) is 11.2. The van der Waals surface area contributed by atoms with Crippen LogP contribution in [-0.2, 0) is 4.74 Å². The third kappa shape index (κ3) is 5.16. The number of ether oxygens (including phenoxy) is 5. The van der Waals surface area contributed by atoms with Gasteiger partial charge in [0.2, 0.25) is 11.6 Å². The highest BCUT2D eigenvalue weighted by Gasteiger charge is 2.19. The van der Waals surface area contributed by atoms with Crippen LogP contribution < -0.4 is 24.3 Å². The molecule has 9 heteroatoms.